The van der Waals surface area contributed by atoms with Crippen molar-refractivity contribution >= 4 is 23.4 Å². The molecule has 8 heteroatoms. The molecule has 7 nitrogen and oxygen atoms in total. The molecule has 0 radical (unpaired) electrons. The average Bonchev–Trinajstić information content (AvgIpc) is 3.31. The van der Waals surface area contributed by atoms with Gasteiger partial charge in [0.15, 0.2) is 5.79 Å². The first kappa shape index (κ1) is 21.2. The van der Waals surface area contributed by atoms with Crippen LogP contribution in [0.5, 0.6) is 0 Å². The number of aromatic nitrogens is 2. The van der Waals surface area contributed by atoms with Crippen molar-refractivity contribution in [2.24, 2.45) is 23.2 Å². The van der Waals surface area contributed by atoms with Gasteiger partial charge in [-0.3, -0.25) is 0 Å². The zero-order valence-electron chi connectivity index (χ0n) is 18.5. The van der Waals surface area contributed by atoms with E-state index in [1.165, 1.54) is 19.3 Å². The number of anilines is 2. The number of nitrogens with one attached hydrogen (secondary N) is 2. The number of benzene rings is 1. The van der Waals surface area contributed by atoms with Gasteiger partial charge in [0, 0.05) is 29.9 Å². The Balaban J connectivity index is 1.17. The smallest absolute Gasteiger partial charge is 0.224 e. The summed E-state index contributed by atoms with van der Waals surface area (Å²) in [5.74, 6) is 2.43. The SMILES string of the molecule is N#Cc1cnc(NCc2ccccc2Cl)nc1NCC12CC3C[C@H](C1)C1(OCCO1)[C@@H](C3)C2. The fourth-order valence-electron chi connectivity index (χ4n) is 6.99. The highest BCUT2D eigenvalue weighted by Gasteiger charge is 2.64. The van der Waals surface area contributed by atoms with Crippen LogP contribution < -0.4 is 10.6 Å². The second-order valence-corrected chi connectivity index (χ2v) is 10.5. The topological polar surface area (TPSA) is 92.1 Å². The van der Waals surface area contributed by atoms with E-state index >= 15 is 0 Å². The molecule has 2 unspecified atom stereocenters. The Morgan fingerprint density at radius 1 is 1.09 bits per heavy atom. The van der Waals surface area contributed by atoms with Gasteiger partial charge in [0.25, 0.3) is 0 Å². The molecule has 2 N–H and O–H groups in total. The highest BCUT2D eigenvalue weighted by atomic mass is 35.5. The van der Waals surface area contributed by atoms with Gasteiger partial charge in [-0.1, -0.05) is 29.8 Å². The number of hydrogen-bond acceptors (Lipinski definition) is 7. The Bertz CT molecular complexity index is 1080. The minimum Gasteiger partial charge on any atom is -0.368 e. The molecule has 0 amide bonds. The lowest BCUT2D eigenvalue weighted by Crippen LogP contribution is -2.62. The van der Waals surface area contributed by atoms with E-state index < -0.39 is 0 Å². The van der Waals surface area contributed by atoms with Crippen LogP contribution in [0.15, 0.2) is 30.5 Å². The maximum Gasteiger partial charge on any atom is 0.224 e. The summed E-state index contributed by atoms with van der Waals surface area (Å²) in [6.45, 7) is 2.77. The minimum absolute atomic E-state index is 0.208. The lowest BCUT2D eigenvalue weighted by molar-refractivity contribution is -0.301. The first-order chi connectivity index (χ1) is 16.1. The van der Waals surface area contributed by atoms with E-state index in [-0.39, 0.29) is 11.2 Å². The first-order valence-electron chi connectivity index (χ1n) is 11.9. The van der Waals surface area contributed by atoms with E-state index in [4.69, 9.17) is 21.1 Å². The van der Waals surface area contributed by atoms with Crippen LogP contribution in [0.4, 0.5) is 11.8 Å². The van der Waals surface area contributed by atoms with Crippen LogP contribution in [0.25, 0.3) is 0 Å². The number of rotatable bonds is 6. The molecule has 172 valence electrons. The Morgan fingerprint density at radius 3 is 2.58 bits per heavy atom. The predicted molar refractivity (Wildman–Crippen MR) is 125 cm³/mol. The van der Waals surface area contributed by atoms with Crippen LogP contribution in [-0.4, -0.2) is 35.5 Å². The molecule has 1 aromatic heterocycles. The molecule has 5 aliphatic rings. The fourth-order valence-corrected chi connectivity index (χ4v) is 7.19. The molecule has 4 atom stereocenters. The van der Waals surface area contributed by atoms with E-state index in [1.807, 2.05) is 24.3 Å². The summed E-state index contributed by atoms with van der Waals surface area (Å²) in [4.78, 5) is 8.94. The van der Waals surface area contributed by atoms with Gasteiger partial charge in [-0.15, -0.1) is 0 Å². The molecule has 7 rings (SSSR count). The molecular weight excluding hydrogens is 438 g/mol. The average molecular weight is 466 g/mol. The summed E-state index contributed by atoms with van der Waals surface area (Å²) >= 11 is 6.26. The third kappa shape index (κ3) is 3.65. The van der Waals surface area contributed by atoms with Gasteiger partial charge in [-0.2, -0.15) is 10.2 Å². The Morgan fingerprint density at radius 2 is 1.85 bits per heavy atom. The second kappa shape index (κ2) is 8.12. The van der Waals surface area contributed by atoms with Gasteiger partial charge in [-0.05, 0) is 55.1 Å². The van der Waals surface area contributed by atoms with Crippen molar-refractivity contribution < 1.29 is 9.47 Å². The number of hydrogen-bond donors (Lipinski definition) is 2. The molecule has 4 saturated carbocycles. The van der Waals surface area contributed by atoms with E-state index in [0.29, 0.717) is 40.7 Å². The van der Waals surface area contributed by atoms with E-state index in [0.717, 1.165) is 44.1 Å². The monoisotopic (exact) mass is 465 g/mol. The number of halogens is 1. The third-order valence-electron chi connectivity index (χ3n) is 8.13. The van der Waals surface area contributed by atoms with Gasteiger partial charge in [0.05, 0.1) is 19.4 Å². The minimum atomic E-state index is -0.330. The molecule has 4 aliphatic carbocycles. The van der Waals surface area contributed by atoms with Crippen LogP contribution in [0.1, 0.15) is 43.2 Å². The quantitative estimate of drug-likeness (QED) is 0.644. The largest absolute Gasteiger partial charge is 0.368 e. The highest BCUT2D eigenvalue weighted by Crippen LogP contribution is 2.65. The van der Waals surface area contributed by atoms with Gasteiger partial charge in [-0.25, -0.2) is 4.98 Å². The van der Waals surface area contributed by atoms with Crippen molar-refractivity contribution in [1.29, 1.82) is 5.26 Å². The Hall–Kier alpha value is -2.40. The standard InChI is InChI=1S/C25H28ClN5O2/c26-21-4-2-1-3-17(21)13-28-23-29-14-18(12-27)22(31-23)30-15-24-9-16-7-19(10-24)25(20(8-16)11-24)32-5-6-33-25/h1-4,14,16,19-20H,5-11,13,15H2,(H2,28,29,30,31)/t16?,19-,20+,24?. The first-order valence-corrected chi connectivity index (χ1v) is 12.2. The molecule has 33 heavy (non-hydrogen) atoms. The molecular formula is C25H28ClN5O2. The van der Waals surface area contributed by atoms with Crippen molar-refractivity contribution in [3.8, 4) is 6.07 Å². The van der Waals surface area contributed by atoms with Crippen LogP contribution in [0, 0.1) is 34.5 Å². The molecule has 1 saturated heterocycles. The maximum atomic E-state index is 9.61. The Kier molecular flexibility index (Phi) is 5.21. The van der Waals surface area contributed by atoms with Crippen LogP contribution in [0.2, 0.25) is 5.02 Å². The lowest BCUT2D eigenvalue weighted by atomic mass is 9.47. The zero-order valence-corrected chi connectivity index (χ0v) is 19.3. The van der Waals surface area contributed by atoms with Crippen LogP contribution in [-0.2, 0) is 16.0 Å². The fraction of sp³-hybridized carbons (Fsp3) is 0.560. The summed E-state index contributed by atoms with van der Waals surface area (Å²) in [6, 6.07) is 9.92. The van der Waals surface area contributed by atoms with Gasteiger partial charge in [0.1, 0.15) is 17.5 Å². The summed E-state index contributed by atoms with van der Waals surface area (Å²) in [5, 5.41) is 17.1. The van der Waals surface area contributed by atoms with Crippen molar-refractivity contribution in [2.45, 2.75) is 44.4 Å². The van der Waals surface area contributed by atoms with Gasteiger partial charge >= 0.3 is 0 Å². The van der Waals surface area contributed by atoms with E-state index in [2.05, 4.69) is 26.7 Å². The van der Waals surface area contributed by atoms with Crippen LogP contribution in [0.3, 0.4) is 0 Å². The van der Waals surface area contributed by atoms with Crippen molar-refractivity contribution in [3.63, 3.8) is 0 Å². The Labute approximate surface area is 198 Å². The highest BCUT2D eigenvalue weighted by molar-refractivity contribution is 6.31. The third-order valence-corrected chi connectivity index (χ3v) is 8.50. The zero-order chi connectivity index (χ0) is 22.5. The molecule has 2 aromatic rings. The number of nitrogens with zero attached hydrogens (tertiary/aromatic N) is 3. The predicted octanol–water partition coefficient (Wildman–Crippen LogP) is 4.60. The summed E-state index contributed by atoms with van der Waals surface area (Å²) in [6.07, 6.45) is 7.46. The summed E-state index contributed by atoms with van der Waals surface area (Å²) in [5.41, 5.74) is 1.64. The van der Waals surface area contributed by atoms with E-state index in [1.54, 1.807) is 6.20 Å². The van der Waals surface area contributed by atoms with Crippen molar-refractivity contribution in [1.82, 2.24) is 9.97 Å². The van der Waals surface area contributed by atoms with E-state index in [9.17, 15) is 5.26 Å². The van der Waals surface area contributed by atoms with Gasteiger partial charge < -0.3 is 20.1 Å². The number of ether oxygens (including phenoxy) is 2. The molecule has 4 bridgehead atoms. The number of nitriles is 1. The van der Waals surface area contributed by atoms with Gasteiger partial charge in [0.2, 0.25) is 5.95 Å². The summed E-state index contributed by atoms with van der Waals surface area (Å²) in [7, 11) is 0. The molecule has 1 spiro atoms. The van der Waals surface area contributed by atoms with Crippen molar-refractivity contribution in [3.05, 3.63) is 46.6 Å². The normalized spacial score (nSPS) is 31.0. The maximum absolute atomic E-state index is 9.61. The summed E-state index contributed by atoms with van der Waals surface area (Å²) < 4.78 is 12.5. The lowest BCUT2D eigenvalue weighted by Gasteiger charge is -2.63. The van der Waals surface area contributed by atoms with Crippen molar-refractivity contribution in [2.75, 3.05) is 30.4 Å². The molecule has 5 fully saturated rings. The molecule has 2 heterocycles. The molecule has 1 aromatic carbocycles. The molecule has 1 aliphatic heterocycles. The second-order valence-electron chi connectivity index (χ2n) is 10.1. The van der Waals surface area contributed by atoms with Crippen LogP contribution >= 0.6 is 11.6 Å².